The SMILES string of the molecule is CN(C)S(=O)(=O)c1ccc2c(c1)C1C=CCC1C(c1ccc(O)cc1O)N2. The van der Waals surface area contributed by atoms with Gasteiger partial charge in [-0.15, -0.1) is 0 Å². The van der Waals surface area contributed by atoms with Gasteiger partial charge < -0.3 is 15.5 Å². The quantitative estimate of drug-likeness (QED) is 0.705. The molecule has 0 radical (unpaired) electrons. The van der Waals surface area contributed by atoms with Crippen molar-refractivity contribution >= 4 is 15.7 Å². The summed E-state index contributed by atoms with van der Waals surface area (Å²) >= 11 is 0. The first-order valence-corrected chi connectivity index (χ1v) is 10.2. The molecule has 3 atom stereocenters. The van der Waals surface area contributed by atoms with Crippen molar-refractivity contribution in [2.45, 2.75) is 23.3 Å². The maximum Gasteiger partial charge on any atom is 0.242 e. The molecular weight excluding hydrogens is 364 g/mol. The van der Waals surface area contributed by atoms with Crippen LogP contribution in [0.15, 0.2) is 53.4 Å². The lowest BCUT2D eigenvalue weighted by Crippen LogP contribution is -2.29. The van der Waals surface area contributed by atoms with Crippen LogP contribution in [0.1, 0.15) is 29.5 Å². The monoisotopic (exact) mass is 386 g/mol. The fraction of sp³-hybridized carbons (Fsp3) is 0.300. The first kappa shape index (κ1) is 17.9. The molecule has 0 fully saturated rings. The molecular formula is C20H22N2O4S. The summed E-state index contributed by atoms with van der Waals surface area (Å²) in [6, 6.07) is 9.65. The molecule has 142 valence electrons. The van der Waals surface area contributed by atoms with Crippen LogP contribution >= 0.6 is 0 Å². The number of aromatic hydroxyl groups is 2. The van der Waals surface area contributed by atoms with E-state index in [4.69, 9.17) is 0 Å². The number of hydrogen-bond acceptors (Lipinski definition) is 5. The third-order valence-corrected chi connectivity index (χ3v) is 7.27. The Morgan fingerprint density at radius 2 is 1.85 bits per heavy atom. The molecule has 7 heteroatoms. The van der Waals surface area contributed by atoms with E-state index < -0.39 is 10.0 Å². The van der Waals surface area contributed by atoms with Crippen LogP contribution in [-0.4, -0.2) is 37.0 Å². The summed E-state index contributed by atoms with van der Waals surface area (Å²) in [5.41, 5.74) is 2.53. The minimum absolute atomic E-state index is 0.0205. The van der Waals surface area contributed by atoms with Crippen LogP contribution < -0.4 is 5.32 Å². The lowest BCUT2D eigenvalue weighted by Gasteiger charge is -2.38. The summed E-state index contributed by atoms with van der Waals surface area (Å²) < 4.78 is 26.2. The van der Waals surface area contributed by atoms with Crippen LogP contribution in [0, 0.1) is 5.92 Å². The molecule has 0 amide bonds. The minimum atomic E-state index is -3.50. The number of fused-ring (bicyclic) bond motifs is 3. The first-order valence-electron chi connectivity index (χ1n) is 8.80. The Labute approximate surface area is 158 Å². The van der Waals surface area contributed by atoms with Crippen molar-refractivity contribution in [3.05, 3.63) is 59.7 Å². The number of nitrogens with zero attached hydrogens (tertiary/aromatic N) is 1. The second-order valence-electron chi connectivity index (χ2n) is 7.26. The van der Waals surface area contributed by atoms with Gasteiger partial charge in [-0.1, -0.05) is 12.2 Å². The van der Waals surface area contributed by atoms with Gasteiger partial charge in [0.1, 0.15) is 11.5 Å². The van der Waals surface area contributed by atoms with Gasteiger partial charge in [-0.05, 0) is 48.2 Å². The Bertz CT molecular complexity index is 1030. The van der Waals surface area contributed by atoms with Crippen molar-refractivity contribution in [3.63, 3.8) is 0 Å². The molecule has 0 saturated heterocycles. The summed E-state index contributed by atoms with van der Waals surface area (Å²) in [6.45, 7) is 0. The van der Waals surface area contributed by atoms with Crippen molar-refractivity contribution in [2.24, 2.45) is 5.92 Å². The Hall–Kier alpha value is -2.51. The van der Waals surface area contributed by atoms with Crippen LogP contribution in [0.4, 0.5) is 5.69 Å². The van der Waals surface area contributed by atoms with E-state index in [1.54, 1.807) is 30.3 Å². The summed E-state index contributed by atoms with van der Waals surface area (Å²) in [7, 11) is -0.457. The molecule has 3 N–H and O–H groups in total. The number of phenols is 2. The molecule has 2 aliphatic rings. The highest BCUT2D eigenvalue weighted by atomic mass is 32.2. The second-order valence-corrected chi connectivity index (χ2v) is 9.41. The van der Waals surface area contributed by atoms with Gasteiger partial charge in [0, 0.05) is 37.3 Å². The van der Waals surface area contributed by atoms with Crippen molar-refractivity contribution < 1.29 is 18.6 Å². The molecule has 1 aliphatic heterocycles. The van der Waals surface area contributed by atoms with Gasteiger partial charge in [-0.3, -0.25) is 0 Å². The Morgan fingerprint density at radius 3 is 2.56 bits per heavy atom. The third-order valence-electron chi connectivity index (χ3n) is 5.46. The van der Waals surface area contributed by atoms with Crippen molar-refractivity contribution in [1.29, 1.82) is 0 Å². The zero-order valence-electron chi connectivity index (χ0n) is 15.1. The van der Waals surface area contributed by atoms with Gasteiger partial charge in [-0.2, -0.15) is 0 Å². The maximum atomic E-state index is 12.5. The number of rotatable bonds is 3. The normalized spacial score (nSPS) is 23.7. The third kappa shape index (κ3) is 2.87. The van der Waals surface area contributed by atoms with Crippen LogP contribution in [-0.2, 0) is 10.0 Å². The zero-order valence-corrected chi connectivity index (χ0v) is 15.9. The molecule has 0 spiro atoms. The van der Waals surface area contributed by atoms with Crippen LogP contribution in [0.3, 0.4) is 0 Å². The molecule has 1 heterocycles. The number of phenolic OH excluding ortho intramolecular Hbond substituents is 2. The van der Waals surface area contributed by atoms with Crippen LogP contribution in [0.2, 0.25) is 0 Å². The van der Waals surface area contributed by atoms with Gasteiger partial charge in [0.25, 0.3) is 0 Å². The molecule has 27 heavy (non-hydrogen) atoms. The number of sulfonamides is 1. The van der Waals surface area contributed by atoms with E-state index in [-0.39, 0.29) is 34.3 Å². The Kier molecular flexibility index (Phi) is 4.16. The lowest BCUT2D eigenvalue weighted by atomic mass is 9.77. The highest BCUT2D eigenvalue weighted by Gasteiger charge is 2.39. The van der Waals surface area contributed by atoms with E-state index in [1.165, 1.54) is 24.5 Å². The second kappa shape index (κ2) is 6.28. The van der Waals surface area contributed by atoms with E-state index >= 15 is 0 Å². The van der Waals surface area contributed by atoms with Gasteiger partial charge in [0.05, 0.1) is 10.9 Å². The highest BCUT2D eigenvalue weighted by molar-refractivity contribution is 7.89. The number of anilines is 1. The largest absolute Gasteiger partial charge is 0.508 e. The van der Waals surface area contributed by atoms with E-state index in [2.05, 4.69) is 17.5 Å². The summed E-state index contributed by atoms with van der Waals surface area (Å²) in [6.07, 6.45) is 5.04. The standard InChI is InChI=1S/C20H22N2O4S/c1-22(2)27(25,26)13-7-9-18-17(11-13)14-4-3-5-15(14)20(21-18)16-8-6-12(23)10-19(16)24/h3-4,6-11,14-15,20-21,23-24H,5H2,1-2H3. The Morgan fingerprint density at radius 1 is 1.07 bits per heavy atom. The van der Waals surface area contributed by atoms with Gasteiger partial charge in [0.2, 0.25) is 10.0 Å². The number of hydrogen-bond donors (Lipinski definition) is 3. The number of benzene rings is 2. The molecule has 2 aromatic rings. The first-order chi connectivity index (χ1) is 12.8. The van der Waals surface area contributed by atoms with Gasteiger partial charge in [-0.25, -0.2) is 12.7 Å². The van der Waals surface area contributed by atoms with E-state index in [0.717, 1.165) is 23.2 Å². The molecule has 3 unspecified atom stereocenters. The van der Waals surface area contributed by atoms with E-state index in [0.29, 0.717) is 0 Å². The van der Waals surface area contributed by atoms with Crippen LogP contribution in [0.5, 0.6) is 11.5 Å². The fourth-order valence-electron chi connectivity index (χ4n) is 4.05. The topological polar surface area (TPSA) is 89.9 Å². The minimum Gasteiger partial charge on any atom is -0.508 e. The molecule has 0 saturated carbocycles. The number of allylic oxidation sites excluding steroid dienone is 2. The predicted octanol–water partition coefficient (Wildman–Crippen LogP) is 3.17. The lowest BCUT2D eigenvalue weighted by molar-refractivity contribution is 0.398. The van der Waals surface area contributed by atoms with Gasteiger partial charge >= 0.3 is 0 Å². The molecule has 1 aliphatic carbocycles. The predicted molar refractivity (Wildman–Crippen MR) is 103 cm³/mol. The zero-order chi connectivity index (χ0) is 19.3. The summed E-state index contributed by atoms with van der Waals surface area (Å²) in [5, 5.41) is 23.4. The summed E-state index contributed by atoms with van der Waals surface area (Å²) in [5.74, 6) is 0.294. The molecule has 4 rings (SSSR count). The fourth-order valence-corrected chi connectivity index (χ4v) is 4.98. The average molecular weight is 386 g/mol. The van der Waals surface area contributed by atoms with Crippen molar-refractivity contribution in [1.82, 2.24) is 4.31 Å². The average Bonchev–Trinajstić information content (AvgIpc) is 3.11. The highest BCUT2D eigenvalue weighted by Crippen LogP contribution is 2.51. The smallest absolute Gasteiger partial charge is 0.242 e. The van der Waals surface area contributed by atoms with Crippen molar-refractivity contribution in [3.8, 4) is 11.5 Å². The molecule has 0 bridgehead atoms. The Balaban J connectivity index is 1.79. The van der Waals surface area contributed by atoms with Crippen molar-refractivity contribution in [2.75, 3.05) is 19.4 Å². The summed E-state index contributed by atoms with van der Waals surface area (Å²) in [4.78, 5) is 0.276. The molecule has 6 nitrogen and oxygen atoms in total. The van der Waals surface area contributed by atoms with E-state index in [1.807, 2.05) is 0 Å². The van der Waals surface area contributed by atoms with Gasteiger partial charge in [0.15, 0.2) is 0 Å². The maximum absolute atomic E-state index is 12.5. The van der Waals surface area contributed by atoms with Crippen LogP contribution in [0.25, 0.3) is 0 Å². The number of nitrogens with one attached hydrogen (secondary N) is 1. The molecule has 2 aromatic carbocycles. The van der Waals surface area contributed by atoms with E-state index in [9.17, 15) is 18.6 Å². The molecule has 0 aromatic heterocycles.